The Hall–Kier alpha value is -3.67. The van der Waals surface area contributed by atoms with Crippen molar-refractivity contribution in [2.45, 2.75) is 0 Å². The number of hydrogen-bond acceptors (Lipinski definition) is 4. The van der Waals surface area contributed by atoms with Gasteiger partial charge in [-0.15, -0.1) is 0 Å². The van der Waals surface area contributed by atoms with Crippen molar-refractivity contribution in [1.82, 2.24) is 0 Å². The van der Waals surface area contributed by atoms with Crippen LogP contribution in [0.4, 0.5) is 17.1 Å². The predicted molar refractivity (Wildman–Crippen MR) is 99.0 cm³/mol. The Morgan fingerprint density at radius 2 is 1.46 bits per heavy atom. The van der Waals surface area contributed by atoms with Crippen molar-refractivity contribution in [1.29, 1.82) is 0 Å². The first kappa shape index (κ1) is 17.2. The molecule has 6 heteroatoms. The summed E-state index contributed by atoms with van der Waals surface area (Å²) in [5.74, 6) is 0.404. The first-order chi connectivity index (χ1) is 12.6. The second kappa shape index (κ2) is 7.48. The molecule has 0 saturated heterocycles. The highest BCUT2D eigenvalue weighted by Crippen LogP contribution is 2.29. The molecule has 0 aromatic heterocycles. The van der Waals surface area contributed by atoms with E-state index in [9.17, 15) is 14.9 Å². The highest BCUT2D eigenvalue weighted by Gasteiger charge is 2.20. The fraction of sp³-hybridized carbons (Fsp3) is 0.0500. The summed E-state index contributed by atoms with van der Waals surface area (Å²) < 4.78 is 5.17. The molecule has 3 aromatic rings. The molecule has 0 spiro atoms. The summed E-state index contributed by atoms with van der Waals surface area (Å²) in [6.07, 6.45) is 0. The molecule has 0 N–H and O–H groups in total. The Morgan fingerprint density at radius 1 is 0.885 bits per heavy atom. The highest BCUT2D eigenvalue weighted by molar-refractivity contribution is 6.11. The molecule has 0 unspecified atom stereocenters. The van der Waals surface area contributed by atoms with Crippen LogP contribution in [0.15, 0.2) is 78.9 Å². The largest absolute Gasteiger partial charge is 0.497 e. The number of nitro groups is 1. The van der Waals surface area contributed by atoms with Gasteiger partial charge in [0.05, 0.1) is 12.0 Å². The van der Waals surface area contributed by atoms with Crippen LogP contribution in [0, 0.1) is 10.1 Å². The number of nitrogens with zero attached hydrogens (tertiary/aromatic N) is 2. The van der Waals surface area contributed by atoms with E-state index < -0.39 is 4.92 Å². The average molecular weight is 348 g/mol. The van der Waals surface area contributed by atoms with Gasteiger partial charge in [-0.1, -0.05) is 18.2 Å². The number of methoxy groups -OCH3 is 1. The SMILES string of the molecule is COc1ccc(N(C(=O)c2ccc([N+](=O)[O-])cc2)c2ccccc2)cc1. The number of benzene rings is 3. The van der Waals surface area contributed by atoms with Crippen molar-refractivity contribution in [2.24, 2.45) is 0 Å². The summed E-state index contributed by atoms with van der Waals surface area (Å²) in [5, 5.41) is 10.8. The monoisotopic (exact) mass is 348 g/mol. The number of anilines is 2. The lowest BCUT2D eigenvalue weighted by atomic mass is 10.1. The number of carbonyl (C=O) groups is 1. The van der Waals surface area contributed by atoms with Crippen LogP contribution in [-0.4, -0.2) is 17.9 Å². The number of carbonyl (C=O) groups excluding carboxylic acids is 1. The topological polar surface area (TPSA) is 72.7 Å². The number of ether oxygens (including phenoxy) is 1. The van der Waals surface area contributed by atoms with Gasteiger partial charge in [0.25, 0.3) is 11.6 Å². The number of nitro benzene ring substituents is 1. The van der Waals surface area contributed by atoms with Crippen LogP contribution in [0.3, 0.4) is 0 Å². The number of non-ortho nitro benzene ring substituents is 1. The van der Waals surface area contributed by atoms with Gasteiger partial charge in [-0.2, -0.15) is 0 Å². The Kier molecular flexibility index (Phi) is 4.94. The van der Waals surface area contributed by atoms with E-state index in [1.807, 2.05) is 30.3 Å². The first-order valence-corrected chi connectivity index (χ1v) is 7.88. The fourth-order valence-corrected chi connectivity index (χ4v) is 2.55. The average Bonchev–Trinajstić information content (AvgIpc) is 2.69. The van der Waals surface area contributed by atoms with E-state index >= 15 is 0 Å². The van der Waals surface area contributed by atoms with Crippen LogP contribution in [0.1, 0.15) is 10.4 Å². The minimum Gasteiger partial charge on any atom is -0.497 e. The summed E-state index contributed by atoms with van der Waals surface area (Å²) in [5.41, 5.74) is 1.66. The van der Waals surface area contributed by atoms with Gasteiger partial charge < -0.3 is 4.74 Å². The van der Waals surface area contributed by atoms with Gasteiger partial charge in [-0.3, -0.25) is 19.8 Å². The molecular weight excluding hydrogens is 332 g/mol. The molecule has 1 amide bonds. The Bertz CT molecular complexity index is 907. The predicted octanol–water partition coefficient (Wildman–Crippen LogP) is 4.58. The smallest absolute Gasteiger partial charge is 0.269 e. The van der Waals surface area contributed by atoms with Crippen LogP contribution >= 0.6 is 0 Å². The van der Waals surface area contributed by atoms with Crippen molar-refractivity contribution in [3.8, 4) is 5.75 Å². The van der Waals surface area contributed by atoms with Crippen molar-refractivity contribution >= 4 is 23.0 Å². The number of hydrogen-bond donors (Lipinski definition) is 0. The molecule has 0 fully saturated rings. The molecule has 0 saturated carbocycles. The highest BCUT2D eigenvalue weighted by atomic mass is 16.6. The van der Waals surface area contributed by atoms with Gasteiger partial charge in [-0.05, 0) is 48.5 Å². The maximum atomic E-state index is 13.1. The van der Waals surface area contributed by atoms with E-state index in [4.69, 9.17) is 4.74 Å². The van der Waals surface area contributed by atoms with Crippen LogP contribution < -0.4 is 9.64 Å². The molecular formula is C20H16N2O4. The second-order valence-electron chi connectivity index (χ2n) is 5.48. The molecule has 6 nitrogen and oxygen atoms in total. The Morgan fingerprint density at radius 3 is 2.00 bits per heavy atom. The van der Waals surface area contributed by atoms with Crippen molar-refractivity contribution in [2.75, 3.05) is 12.0 Å². The van der Waals surface area contributed by atoms with Crippen LogP contribution in [0.5, 0.6) is 5.75 Å². The summed E-state index contributed by atoms with van der Waals surface area (Å²) >= 11 is 0. The molecule has 0 aliphatic rings. The third-order valence-corrected chi connectivity index (χ3v) is 3.87. The molecule has 0 radical (unpaired) electrons. The van der Waals surface area contributed by atoms with Crippen molar-refractivity contribution < 1.29 is 14.5 Å². The van der Waals surface area contributed by atoms with E-state index in [-0.39, 0.29) is 11.6 Å². The van der Waals surface area contributed by atoms with Crippen LogP contribution in [-0.2, 0) is 0 Å². The van der Waals surface area contributed by atoms with Gasteiger partial charge in [-0.25, -0.2) is 0 Å². The molecule has 0 heterocycles. The third kappa shape index (κ3) is 3.54. The summed E-state index contributed by atoms with van der Waals surface area (Å²) in [6.45, 7) is 0. The number of rotatable bonds is 5. The summed E-state index contributed by atoms with van der Waals surface area (Å²) in [6, 6.07) is 21.9. The zero-order chi connectivity index (χ0) is 18.5. The van der Waals surface area contributed by atoms with E-state index in [0.29, 0.717) is 22.7 Å². The van der Waals surface area contributed by atoms with Crippen LogP contribution in [0.2, 0.25) is 0 Å². The third-order valence-electron chi connectivity index (χ3n) is 3.87. The Labute approximate surface area is 150 Å². The van der Waals surface area contributed by atoms with Gasteiger partial charge in [0, 0.05) is 29.1 Å². The molecule has 130 valence electrons. The van der Waals surface area contributed by atoms with Gasteiger partial charge in [0.2, 0.25) is 0 Å². The normalized spacial score (nSPS) is 10.2. The van der Waals surface area contributed by atoms with Gasteiger partial charge in [0.15, 0.2) is 0 Å². The minimum absolute atomic E-state index is 0.0581. The standard InChI is InChI=1S/C20H16N2O4/c1-26-19-13-11-17(12-14-19)21(16-5-3-2-4-6-16)20(23)15-7-9-18(10-8-15)22(24)25/h2-14H,1H3. The summed E-state index contributed by atoms with van der Waals surface area (Å²) in [7, 11) is 1.58. The quantitative estimate of drug-likeness (QED) is 0.500. The fourth-order valence-electron chi connectivity index (χ4n) is 2.55. The minimum atomic E-state index is -0.493. The maximum absolute atomic E-state index is 13.1. The zero-order valence-corrected chi connectivity index (χ0v) is 14.0. The molecule has 0 aliphatic heterocycles. The van der Waals surface area contributed by atoms with E-state index in [2.05, 4.69) is 0 Å². The zero-order valence-electron chi connectivity index (χ0n) is 14.0. The molecule has 3 aromatic carbocycles. The van der Waals surface area contributed by atoms with E-state index in [1.165, 1.54) is 24.3 Å². The molecule has 26 heavy (non-hydrogen) atoms. The molecule has 0 bridgehead atoms. The Balaban J connectivity index is 2.02. The van der Waals surface area contributed by atoms with Crippen LogP contribution in [0.25, 0.3) is 0 Å². The van der Waals surface area contributed by atoms with E-state index in [0.717, 1.165) is 0 Å². The lowest BCUT2D eigenvalue weighted by molar-refractivity contribution is -0.384. The number of para-hydroxylation sites is 1. The summed E-state index contributed by atoms with van der Waals surface area (Å²) in [4.78, 5) is 25.0. The first-order valence-electron chi connectivity index (χ1n) is 7.88. The lowest BCUT2D eigenvalue weighted by Gasteiger charge is -2.23. The lowest BCUT2D eigenvalue weighted by Crippen LogP contribution is -2.25. The van der Waals surface area contributed by atoms with Crippen molar-refractivity contribution in [3.63, 3.8) is 0 Å². The molecule has 3 rings (SSSR count). The maximum Gasteiger partial charge on any atom is 0.269 e. The van der Waals surface area contributed by atoms with Gasteiger partial charge in [0.1, 0.15) is 5.75 Å². The second-order valence-corrected chi connectivity index (χ2v) is 5.48. The molecule has 0 aliphatic carbocycles. The van der Waals surface area contributed by atoms with Crippen molar-refractivity contribution in [3.05, 3.63) is 94.5 Å². The van der Waals surface area contributed by atoms with Gasteiger partial charge >= 0.3 is 0 Å². The van der Waals surface area contributed by atoms with E-state index in [1.54, 1.807) is 36.3 Å². The number of amides is 1. The molecule has 0 atom stereocenters.